The second kappa shape index (κ2) is 7.19. The SMILES string of the molecule is CC(C)(C(=O)N1CCN(C(C)(C)C)CC1)C1CCN(C(C)(C)C)CC1. The van der Waals surface area contributed by atoms with Crippen molar-refractivity contribution in [3.05, 3.63) is 0 Å². The fraction of sp³-hybridized carbons (Fsp3) is 0.952. The molecule has 0 radical (unpaired) electrons. The lowest BCUT2D eigenvalue weighted by Crippen LogP contribution is -2.58. The van der Waals surface area contributed by atoms with Crippen LogP contribution in [0.25, 0.3) is 0 Å². The summed E-state index contributed by atoms with van der Waals surface area (Å²) >= 11 is 0. The normalized spacial score (nSPS) is 23.1. The summed E-state index contributed by atoms with van der Waals surface area (Å²) in [5.41, 5.74) is 0.195. The molecule has 146 valence electrons. The van der Waals surface area contributed by atoms with Gasteiger partial charge < -0.3 is 4.90 Å². The van der Waals surface area contributed by atoms with Crippen LogP contribution in [0.1, 0.15) is 68.2 Å². The molecule has 2 aliphatic rings. The topological polar surface area (TPSA) is 26.8 Å². The molecule has 0 atom stereocenters. The minimum atomic E-state index is -0.242. The second-order valence-corrected chi connectivity index (χ2v) is 10.6. The summed E-state index contributed by atoms with van der Waals surface area (Å²) in [4.78, 5) is 20.4. The molecule has 2 saturated heterocycles. The maximum Gasteiger partial charge on any atom is 0.228 e. The minimum absolute atomic E-state index is 0.199. The van der Waals surface area contributed by atoms with Gasteiger partial charge in [-0.15, -0.1) is 0 Å². The van der Waals surface area contributed by atoms with Crippen molar-refractivity contribution in [3.8, 4) is 0 Å². The van der Waals surface area contributed by atoms with E-state index in [1.807, 2.05) is 0 Å². The number of nitrogens with zero attached hydrogens (tertiary/aromatic N) is 3. The molecule has 25 heavy (non-hydrogen) atoms. The minimum Gasteiger partial charge on any atom is -0.340 e. The molecular weight excluding hydrogens is 310 g/mol. The highest BCUT2D eigenvalue weighted by Gasteiger charge is 2.42. The number of piperazine rings is 1. The largest absolute Gasteiger partial charge is 0.340 e. The molecule has 2 aliphatic heterocycles. The Morgan fingerprint density at radius 2 is 1.08 bits per heavy atom. The lowest BCUT2D eigenvalue weighted by molar-refractivity contribution is -0.147. The van der Waals surface area contributed by atoms with Gasteiger partial charge in [-0.1, -0.05) is 13.8 Å². The Morgan fingerprint density at radius 3 is 1.48 bits per heavy atom. The summed E-state index contributed by atoms with van der Waals surface area (Å²) in [6.45, 7) is 24.0. The van der Waals surface area contributed by atoms with Crippen LogP contribution in [-0.4, -0.2) is 71.0 Å². The van der Waals surface area contributed by atoms with E-state index in [9.17, 15) is 4.79 Å². The van der Waals surface area contributed by atoms with Crippen molar-refractivity contribution in [3.63, 3.8) is 0 Å². The van der Waals surface area contributed by atoms with Gasteiger partial charge in [-0.25, -0.2) is 0 Å². The zero-order valence-electron chi connectivity index (χ0n) is 18.0. The van der Waals surface area contributed by atoms with Gasteiger partial charge in [-0.05, 0) is 73.4 Å². The van der Waals surface area contributed by atoms with Crippen LogP contribution in [0.2, 0.25) is 0 Å². The molecule has 0 unspecified atom stereocenters. The van der Waals surface area contributed by atoms with E-state index < -0.39 is 0 Å². The first kappa shape index (κ1) is 20.7. The van der Waals surface area contributed by atoms with E-state index >= 15 is 0 Å². The highest BCUT2D eigenvalue weighted by Crippen LogP contribution is 2.38. The van der Waals surface area contributed by atoms with Gasteiger partial charge in [0.1, 0.15) is 0 Å². The maximum atomic E-state index is 13.2. The first-order valence-electron chi connectivity index (χ1n) is 10.1. The van der Waals surface area contributed by atoms with E-state index in [-0.39, 0.29) is 16.5 Å². The lowest BCUT2D eigenvalue weighted by atomic mass is 9.72. The van der Waals surface area contributed by atoms with Crippen LogP contribution in [0.5, 0.6) is 0 Å². The van der Waals surface area contributed by atoms with E-state index in [1.54, 1.807) is 0 Å². The third-order valence-corrected chi connectivity index (χ3v) is 6.53. The van der Waals surface area contributed by atoms with Gasteiger partial charge >= 0.3 is 0 Å². The second-order valence-electron chi connectivity index (χ2n) is 10.6. The average molecular weight is 352 g/mol. The zero-order valence-corrected chi connectivity index (χ0v) is 18.0. The summed E-state index contributed by atoms with van der Waals surface area (Å²) < 4.78 is 0. The summed E-state index contributed by atoms with van der Waals surface area (Å²) in [6, 6.07) is 0. The quantitative estimate of drug-likeness (QED) is 0.762. The molecule has 2 rings (SSSR count). The van der Waals surface area contributed by atoms with E-state index in [1.165, 1.54) is 0 Å². The van der Waals surface area contributed by atoms with Crippen molar-refractivity contribution >= 4 is 5.91 Å². The predicted octanol–water partition coefficient (Wildman–Crippen LogP) is 3.47. The predicted molar refractivity (Wildman–Crippen MR) is 106 cm³/mol. The third kappa shape index (κ3) is 4.77. The van der Waals surface area contributed by atoms with Gasteiger partial charge in [0.25, 0.3) is 0 Å². The Bertz CT molecular complexity index is 457. The number of piperidine rings is 1. The van der Waals surface area contributed by atoms with Crippen LogP contribution in [0.4, 0.5) is 0 Å². The number of rotatable bonds is 2. The summed E-state index contributed by atoms with van der Waals surface area (Å²) in [7, 11) is 0. The number of hydrogen-bond acceptors (Lipinski definition) is 3. The van der Waals surface area contributed by atoms with Crippen molar-refractivity contribution in [2.24, 2.45) is 11.3 Å². The Morgan fingerprint density at radius 1 is 0.680 bits per heavy atom. The van der Waals surface area contributed by atoms with Crippen LogP contribution >= 0.6 is 0 Å². The third-order valence-electron chi connectivity index (χ3n) is 6.53. The zero-order chi connectivity index (χ0) is 19.0. The summed E-state index contributed by atoms with van der Waals surface area (Å²) in [5, 5.41) is 0. The molecule has 0 aliphatic carbocycles. The Kier molecular flexibility index (Phi) is 5.95. The smallest absolute Gasteiger partial charge is 0.228 e. The monoisotopic (exact) mass is 351 g/mol. The molecular formula is C21H41N3O. The van der Waals surface area contributed by atoms with Crippen LogP contribution in [0.15, 0.2) is 0 Å². The summed E-state index contributed by atoms with van der Waals surface area (Å²) in [6.07, 6.45) is 2.27. The molecule has 2 fully saturated rings. The van der Waals surface area contributed by atoms with Crippen LogP contribution in [0, 0.1) is 11.3 Å². The fourth-order valence-electron chi connectivity index (χ4n) is 4.43. The summed E-state index contributed by atoms with van der Waals surface area (Å²) in [5.74, 6) is 0.870. The molecule has 4 heteroatoms. The maximum absolute atomic E-state index is 13.2. The highest BCUT2D eigenvalue weighted by molar-refractivity contribution is 5.82. The van der Waals surface area contributed by atoms with Gasteiger partial charge in [-0.2, -0.15) is 0 Å². The number of likely N-dealkylation sites (tertiary alicyclic amines) is 1. The molecule has 1 amide bonds. The fourth-order valence-corrected chi connectivity index (χ4v) is 4.43. The van der Waals surface area contributed by atoms with Crippen LogP contribution in [0.3, 0.4) is 0 Å². The van der Waals surface area contributed by atoms with Crippen molar-refractivity contribution in [1.29, 1.82) is 0 Å². The van der Waals surface area contributed by atoms with Crippen LogP contribution < -0.4 is 0 Å². The van der Waals surface area contributed by atoms with Crippen molar-refractivity contribution < 1.29 is 4.79 Å². The first-order chi connectivity index (χ1) is 11.3. The van der Waals surface area contributed by atoms with E-state index in [2.05, 4.69) is 70.1 Å². The Labute approximate surface area is 155 Å². The van der Waals surface area contributed by atoms with Gasteiger partial charge in [0.15, 0.2) is 0 Å². The first-order valence-corrected chi connectivity index (χ1v) is 10.1. The van der Waals surface area contributed by atoms with Gasteiger partial charge in [0.2, 0.25) is 5.91 Å². The van der Waals surface area contributed by atoms with E-state index in [4.69, 9.17) is 0 Å². The molecule has 0 aromatic carbocycles. The van der Waals surface area contributed by atoms with Gasteiger partial charge in [0.05, 0.1) is 0 Å². The van der Waals surface area contributed by atoms with Crippen molar-refractivity contribution in [1.82, 2.24) is 14.7 Å². The average Bonchev–Trinajstić information content (AvgIpc) is 2.52. The molecule has 0 aromatic rings. The number of hydrogen-bond donors (Lipinski definition) is 0. The number of carbonyl (C=O) groups excluding carboxylic acids is 1. The molecule has 0 spiro atoms. The van der Waals surface area contributed by atoms with E-state index in [0.717, 1.165) is 52.1 Å². The van der Waals surface area contributed by atoms with Gasteiger partial charge in [0, 0.05) is 42.7 Å². The van der Waals surface area contributed by atoms with Crippen LogP contribution in [-0.2, 0) is 4.79 Å². The molecule has 4 nitrogen and oxygen atoms in total. The van der Waals surface area contributed by atoms with Crippen molar-refractivity contribution in [2.45, 2.75) is 79.3 Å². The molecule has 2 heterocycles. The van der Waals surface area contributed by atoms with E-state index in [0.29, 0.717) is 11.8 Å². The Balaban J connectivity index is 1.93. The molecule has 0 bridgehead atoms. The highest BCUT2D eigenvalue weighted by atomic mass is 16.2. The molecule has 0 aromatic heterocycles. The van der Waals surface area contributed by atoms with Gasteiger partial charge in [-0.3, -0.25) is 14.6 Å². The Hall–Kier alpha value is -0.610. The molecule has 0 saturated carbocycles. The number of amides is 1. The van der Waals surface area contributed by atoms with Crippen molar-refractivity contribution in [2.75, 3.05) is 39.3 Å². The molecule has 0 N–H and O–H groups in total. The standard InChI is InChI=1S/C21H41N3O/c1-19(2,3)23-11-9-17(10-12-23)21(7,8)18(25)22-13-15-24(16-14-22)20(4,5)6/h17H,9-16H2,1-8H3. The lowest BCUT2D eigenvalue weighted by Gasteiger charge is -2.47. The number of carbonyl (C=O) groups is 1.